The zero-order valence-corrected chi connectivity index (χ0v) is 7.60. The third-order valence-corrected chi connectivity index (χ3v) is 0.829. The molecule has 0 aromatic rings. The number of hydrogen-bond acceptors (Lipinski definition) is 0. The third kappa shape index (κ3) is 5.78. The third-order valence-electron chi connectivity index (χ3n) is 0.829. The molecule has 0 radical (unpaired) electrons. The molecular weight excluding hydrogens is 243 g/mol. The maximum Gasteiger partial charge on any atom is 2.00 e. The van der Waals surface area contributed by atoms with Crippen LogP contribution in [0.5, 0.6) is 0 Å². The molecule has 0 spiro atoms. The van der Waals surface area contributed by atoms with Gasteiger partial charge in [0, 0.05) is 0 Å². The first-order valence-electron chi connectivity index (χ1n) is 2.36. The predicted octanol–water partition coefficient (Wildman–Crippen LogP) is -0.426. The van der Waals surface area contributed by atoms with Gasteiger partial charge in [-0.25, -0.2) is 35.1 Å². The average Bonchev–Trinajstić information content (AvgIpc) is 1.49. The van der Waals surface area contributed by atoms with Crippen LogP contribution >= 0.6 is 0 Å². The summed E-state index contributed by atoms with van der Waals surface area (Å²) >= 11 is 0. The molecule has 0 saturated carbocycles. The molecule has 0 saturated heterocycles. The molecule has 0 N–H and O–H groups in total. The van der Waals surface area contributed by atoms with Gasteiger partial charge in [-0.3, -0.25) is 0 Å². The maximum atomic E-state index is 11.2. The Kier molecular flexibility index (Phi) is 8.26. The van der Waals surface area contributed by atoms with Crippen LogP contribution in [0.25, 0.3) is 0 Å². The summed E-state index contributed by atoms with van der Waals surface area (Å²) in [7, 11) is 0. The van der Waals surface area contributed by atoms with Crippen LogP contribution in [0.4, 0.5) is 35.1 Å². The Morgan fingerprint density at radius 1 is 0.786 bits per heavy atom. The van der Waals surface area contributed by atoms with Crippen LogP contribution in [0.1, 0.15) is 0 Å². The van der Waals surface area contributed by atoms with Gasteiger partial charge in [-0.1, -0.05) is 0 Å². The topological polar surface area (TPSA) is 0 Å². The first-order chi connectivity index (χ1) is 5.07. The Hall–Kier alpha value is 0.136. The van der Waals surface area contributed by atoms with E-state index in [0.717, 1.165) is 0 Å². The first-order valence-corrected chi connectivity index (χ1v) is 2.36. The Morgan fingerprint density at radius 2 is 1.00 bits per heavy atom. The Balaban J connectivity index is -0.000000605. The van der Waals surface area contributed by atoms with Gasteiger partial charge < -0.3 is 4.70 Å². The van der Waals surface area contributed by atoms with Gasteiger partial charge in [-0.2, -0.15) is 0 Å². The number of hydrogen-bond donors (Lipinski definition) is 0. The average molecular weight is 244 g/mol. The van der Waals surface area contributed by atoms with Crippen LogP contribution in [0.3, 0.4) is 0 Å². The quantitative estimate of drug-likeness (QED) is 0.334. The molecule has 0 amide bonds. The van der Waals surface area contributed by atoms with E-state index in [1.807, 2.05) is 0 Å². The normalized spacial score (nSPS) is 12.4. The summed E-state index contributed by atoms with van der Waals surface area (Å²) in [5.41, 5.74) is 0. The Labute approximate surface area is 88.2 Å². The molecule has 0 atom stereocenters. The van der Waals surface area contributed by atoms with E-state index in [-0.39, 0.29) is 27.8 Å². The number of alkyl halides is 8. The second-order valence-electron chi connectivity index (χ2n) is 1.71. The maximum absolute atomic E-state index is 11.2. The Bertz CT molecular complexity index is 132. The van der Waals surface area contributed by atoms with Gasteiger partial charge in [-0.05, 0) is 5.92 Å². The number of rotatable bonds is 1. The van der Waals surface area contributed by atoms with E-state index in [2.05, 4.69) is 0 Å². The van der Waals surface area contributed by atoms with Crippen LogP contribution in [-0.4, -0.2) is 41.8 Å². The van der Waals surface area contributed by atoms with E-state index in [1.165, 1.54) is 0 Å². The van der Waals surface area contributed by atoms with Crippen LogP contribution in [0.2, 0.25) is 0 Å². The van der Waals surface area contributed by atoms with Crippen LogP contribution < -0.4 is 4.70 Å². The largest absolute Gasteiger partial charge is 2.00 e. The molecule has 0 nitrogen and oxygen atoms in total. The zero-order chi connectivity index (χ0) is 10.2. The van der Waals surface area contributed by atoms with E-state index in [0.29, 0.717) is 0 Å². The van der Waals surface area contributed by atoms with Crippen molar-refractivity contribution < 1.29 is 39.8 Å². The van der Waals surface area contributed by atoms with Crippen molar-refractivity contribution in [2.45, 2.75) is 18.8 Å². The smallest absolute Gasteiger partial charge is 1.00 e. The SMILES string of the molecule is FC(F)[C-](C(F)(F)F)C(F)(F)F.[F-].[Mg+2]. The minimum atomic E-state index is -6.04. The molecule has 0 rings (SSSR count). The summed E-state index contributed by atoms with van der Waals surface area (Å²) in [4.78, 5) is 0. The van der Waals surface area contributed by atoms with Crippen molar-refractivity contribution in [2.75, 3.05) is 0 Å². The fraction of sp³-hybridized carbons (Fsp3) is 0.750. The molecule has 0 bridgehead atoms. The minimum Gasteiger partial charge on any atom is -1.00 e. The molecule has 0 aliphatic rings. The van der Waals surface area contributed by atoms with Crippen LogP contribution in [0, 0.1) is 5.92 Å². The molecule has 0 unspecified atom stereocenters. The van der Waals surface area contributed by atoms with Crippen molar-refractivity contribution >= 4 is 23.1 Å². The summed E-state index contributed by atoms with van der Waals surface area (Å²) in [6, 6.07) is 0. The molecule has 0 aromatic carbocycles. The van der Waals surface area contributed by atoms with Crippen molar-refractivity contribution in [3.63, 3.8) is 0 Å². The number of halogens is 9. The van der Waals surface area contributed by atoms with Crippen molar-refractivity contribution in [1.29, 1.82) is 0 Å². The standard InChI is InChI=1S/C4HF8.FH.Mg/c5-2(6)1(3(7,8)9)4(10,11)12;;/h2H;1H;/q-1;;+2/p-1. The van der Waals surface area contributed by atoms with E-state index in [4.69, 9.17) is 0 Å². The molecule has 0 aromatic heterocycles. The first kappa shape index (κ1) is 19.7. The van der Waals surface area contributed by atoms with Crippen molar-refractivity contribution in [2.24, 2.45) is 0 Å². The second-order valence-corrected chi connectivity index (χ2v) is 1.71. The monoisotopic (exact) mass is 244 g/mol. The van der Waals surface area contributed by atoms with E-state index < -0.39 is 24.7 Å². The summed E-state index contributed by atoms with van der Waals surface area (Å²) in [6.07, 6.45) is -16.6. The van der Waals surface area contributed by atoms with Gasteiger partial charge in [0.2, 0.25) is 0 Å². The van der Waals surface area contributed by atoms with E-state index in [1.54, 1.807) is 0 Å². The van der Waals surface area contributed by atoms with Gasteiger partial charge >= 0.3 is 23.1 Å². The zero-order valence-electron chi connectivity index (χ0n) is 6.19. The summed E-state index contributed by atoms with van der Waals surface area (Å²) in [5, 5.41) is 0. The van der Waals surface area contributed by atoms with Gasteiger partial charge in [0.1, 0.15) is 6.43 Å². The van der Waals surface area contributed by atoms with Gasteiger partial charge in [0.05, 0.1) is 0 Å². The van der Waals surface area contributed by atoms with Crippen LogP contribution in [0.15, 0.2) is 0 Å². The fourth-order valence-electron chi connectivity index (χ4n) is 0.408. The van der Waals surface area contributed by atoms with E-state index in [9.17, 15) is 35.1 Å². The molecule has 10 heteroatoms. The van der Waals surface area contributed by atoms with Crippen molar-refractivity contribution in [1.82, 2.24) is 0 Å². The van der Waals surface area contributed by atoms with Gasteiger partial charge in [-0.15, -0.1) is 0 Å². The Morgan fingerprint density at radius 3 is 1.00 bits per heavy atom. The van der Waals surface area contributed by atoms with E-state index >= 15 is 0 Å². The summed E-state index contributed by atoms with van der Waals surface area (Å²) in [5.74, 6) is -3.67. The molecule has 0 aliphatic heterocycles. The van der Waals surface area contributed by atoms with Crippen molar-refractivity contribution in [3.05, 3.63) is 5.92 Å². The predicted molar refractivity (Wildman–Crippen MR) is 27.1 cm³/mol. The molecule has 0 heterocycles. The molecule has 0 fully saturated rings. The molecule has 0 aliphatic carbocycles. The summed E-state index contributed by atoms with van der Waals surface area (Å²) < 4.78 is 89.8. The molecular formula is C4HF9Mg. The molecule has 82 valence electrons. The van der Waals surface area contributed by atoms with Gasteiger partial charge in [0.15, 0.2) is 0 Å². The van der Waals surface area contributed by atoms with Crippen LogP contribution in [-0.2, 0) is 0 Å². The molecule has 14 heavy (non-hydrogen) atoms. The summed E-state index contributed by atoms with van der Waals surface area (Å²) in [6.45, 7) is 0. The van der Waals surface area contributed by atoms with Crippen molar-refractivity contribution in [3.8, 4) is 0 Å². The second kappa shape index (κ2) is 5.88. The minimum absolute atomic E-state index is 0. The van der Waals surface area contributed by atoms with Gasteiger partial charge in [0.25, 0.3) is 12.4 Å². The fourth-order valence-corrected chi connectivity index (χ4v) is 0.408.